The molecular weight excluding hydrogens is 390 g/mol. The first-order valence-electron chi connectivity index (χ1n) is 8.18. The lowest BCUT2D eigenvalue weighted by atomic mass is 10.1. The zero-order valence-corrected chi connectivity index (χ0v) is 16.5. The lowest BCUT2D eigenvalue weighted by Crippen LogP contribution is -2.18. The molecular formula is C17H19N3O7S. The van der Waals surface area contributed by atoms with E-state index in [1.807, 2.05) is 6.92 Å². The number of carbonyl (C=O) groups is 4. The number of aromatic carboxylic acids is 1. The van der Waals surface area contributed by atoms with Crippen LogP contribution in [0.1, 0.15) is 59.8 Å². The number of carboxylic acid groups (broad SMARTS) is 1. The van der Waals surface area contributed by atoms with E-state index in [0.29, 0.717) is 12.0 Å². The van der Waals surface area contributed by atoms with Gasteiger partial charge in [0.05, 0.1) is 19.3 Å². The molecule has 0 spiro atoms. The maximum Gasteiger partial charge on any atom is 0.348 e. The largest absolute Gasteiger partial charge is 0.478 e. The van der Waals surface area contributed by atoms with Crippen LogP contribution in [0.5, 0.6) is 0 Å². The van der Waals surface area contributed by atoms with E-state index in [2.05, 4.69) is 10.4 Å². The molecule has 2 N–H and O–H groups in total. The van der Waals surface area contributed by atoms with Crippen LogP contribution < -0.4 is 5.32 Å². The number of thiophene rings is 1. The summed E-state index contributed by atoms with van der Waals surface area (Å²) in [6.45, 7) is 3.52. The van der Waals surface area contributed by atoms with E-state index in [1.54, 1.807) is 0 Å². The smallest absolute Gasteiger partial charge is 0.348 e. The number of hydrogen-bond donors (Lipinski definition) is 2. The maximum absolute atomic E-state index is 12.6. The van der Waals surface area contributed by atoms with E-state index in [0.717, 1.165) is 11.3 Å². The number of methoxy groups -OCH3 is 1. The molecule has 2 heterocycles. The molecule has 150 valence electrons. The Morgan fingerprint density at radius 3 is 2.54 bits per heavy atom. The van der Waals surface area contributed by atoms with E-state index < -0.39 is 23.8 Å². The number of aromatic nitrogens is 2. The first kappa shape index (κ1) is 21.1. The summed E-state index contributed by atoms with van der Waals surface area (Å²) in [5, 5.41) is 15.6. The predicted octanol–water partition coefficient (Wildman–Crippen LogP) is 2.09. The number of carboxylic acids is 1. The van der Waals surface area contributed by atoms with Gasteiger partial charge in [0.25, 0.3) is 5.91 Å². The topological polar surface area (TPSA) is 137 Å². The van der Waals surface area contributed by atoms with Gasteiger partial charge in [-0.15, -0.1) is 11.3 Å². The normalized spacial score (nSPS) is 10.4. The van der Waals surface area contributed by atoms with E-state index in [4.69, 9.17) is 9.47 Å². The van der Waals surface area contributed by atoms with E-state index in [1.165, 1.54) is 32.0 Å². The number of anilines is 1. The molecule has 0 radical (unpaired) electrons. The Labute approximate surface area is 164 Å². The van der Waals surface area contributed by atoms with Crippen molar-refractivity contribution >= 4 is 40.2 Å². The number of nitrogens with one attached hydrogen (secondary N) is 1. The number of rotatable bonds is 7. The lowest BCUT2D eigenvalue weighted by molar-refractivity contribution is 0.0505. The van der Waals surface area contributed by atoms with Crippen molar-refractivity contribution in [3.63, 3.8) is 0 Å². The van der Waals surface area contributed by atoms with Crippen molar-refractivity contribution in [2.75, 3.05) is 19.0 Å². The van der Waals surface area contributed by atoms with Crippen LogP contribution in [0.25, 0.3) is 0 Å². The fraction of sp³-hybridized carbons (Fsp3) is 0.353. The van der Waals surface area contributed by atoms with Gasteiger partial charge in [0.1, 0.15) is 15.4 Å². The summed E-state index contributed by atoms with van der Waals surface area (Å²) in [5.74, 6) is -3.53. The molecule has 0 bridgehead atoms. The Kier molecular flexibility index (Phi) is 6.52. The van der Waals surface area contributed by atoms with Crippen LogP contribution in [0.3, 0.4) is 0 Å². The molecule has 2 rings (SSSR count). The minimum Gasteiger partial charge on any atom is -0.478 e. The molecule has 0 aliphatic rings. The van der Waals surface area contributed by atoms with Crippen molar-refractivity contribution in [1.82, 2.24) is 9.78 Å². The summed E-state index contributed by atoms with van der Waals surface area (Å²) in [6, 6.07) is 0. The molecule has 28 heavy (non-hydrogen) atoms. The molecule has 0 aliphatic carbocycles. The van der Waals surface area contributed by atoms with Crippen LogP contribution in [0.4, 0.5) is 5.00 Å². The van der Waals surface area contributed by atoms with Crippen molar-refractivity contribution < 1.29 is 33.8 Å². The molecule has 0 saturated carbocycles. The summed E-state index contributed by atoms with van der Waals surface area (Å²) >= 11 is 0.835. The summed E-state index contributed by atoms with van der Waals surface area (Å²) in [5.41, 5.74) is -0.308. The number of esters is 2. The predicted molar refractivity (Wildman–Crippen MR) is 99.1 cm³/mol. The zero-order valence-electron chi connectivity index (χ0n) is 15.7. The number of ether oxygens (including phenoxy) is 2. The Bertz CT molecular complexity index is 945. The van der Waals surface area contributed by atoms with Crippen LogP contribution in [-0.4, -0.2) is 52.4 Å². The van der Waals surface area contributed by atoms with Crippen LogP contribution in [0.15, 0.2) is 6.20 Å². The van der Waals surface area contributed by atoms with Crippen LogP contribution in [0, 0.1) is 6.92 Å². The second-order valence-corrected chi connectivity index (χ2v) is 6.73. The first-order valence-corrected chi connectivity index (χ1v) is 8.99. The molecule has 1 amide bonds. The van der Waals surface area contributed by atoms with Crippen molar-refractivity contribution in [2.45, 2.75) is 20.3 Å². The highest BCUT2D eigenvalue weighted by atomic mass is 32.1. The van der Waals surface area contributed by atoms with Gasteiger partial charge < -0.3 is 19.9 Å². The number of amides is 1. The van der Waals surface area contributed by atoms with E-state index >= 15 is 0 Å². The molecule has 10 nitrogen and oxygen atoms in total. The van der Waals surface area contributed by atoms with E-state index in [9.17, 15) is 24.3 Å². The van der Waals surface area contributed by atoms with Crippen molar-refractivity contribution in [3.8, 4) is 0 Å². The Morgan fingerprint density at radius 1 is 1.29 bits per heavy atom. The molecule has 2 aromatic heterocycles. The molecule has 0 atom stereocenters. The third kappa shape index (κ3) is 4.19. The summed E-state index contributed by atoms with van der Waals surface area (Å²) < 4.78 is 11.0. The summed E-state index contributed by atoms with van der Waals surface area (Å²) in [4.78, 5) is 48.4. The molecule has 0 unspecified atom stereocenters. The number of carbonyl (C=O) groups excluding carboxylic acids is 3. The SMILES string of the molecule is CCCOC(=O)c1c(NC(=O)c2nn(C)cc2C(=O)O)sc(C(=O)OC)c1C. The Morgan fingerprint density at radius 2 is 1.96 bits per heavy atom. The second-order valence-electron chi connectivity index (χ2n) is 5.71. The van der Waals surface area contributed by atoms with Crippen molar-refractivity contribution in [3.05, 3.63) is 33.5 Å². The van der Waals surface area contributed by atoms with Gasteiger partial charge in [-0.3, -0.25) is 9.48 Å². The van der Waals surface area contributed by atoms with Crippen LogP contribution in [-0.2, 0) is 16.5 Å². The Balaban J connectivity index is 2.46. The highest BCUT2D eigenvalue weighted by Crippen LogP contribution is 2.34. The van der Waals surface area contributed by atoms with Gasteiger partial charge >= 0.3 is 17.9 Å². The van der Waals surface area contributed by atoms with Gasteiger partial charge in [-0.05, 0) is 18.9 Å². The molecule has 2 aromatic rings. The second kappa shape index (κ2) is 8.65. The monoisotopic (exact) mass is 409 g/mol. The minimum atomic E-state index is -1.32. The fourth-order valence-corrected chi connectivity index (χ4v) is 3.48. The van der Waals surface area contributed by atoms with Crippen molar-refractivity contribution in [2.24, 2.45) is 7.05 Å². The third-order valence-corrected chi connectivity index (χ3v) is 4.85. The number of aryl methyl sites for hydroxylation is 1. The van der Waals surface area contributed by atoms with Crippen LogP contribution >= 0.6 is 11.3 Å². The van der Waals surface area contributed by atoms with Gasteiger partial charge in [-0.2, -0.15) is 5.10 Å². The first-order chi connectivity index (χ1) is 13.2. The molecule has 0 aliphatic heterocycles. The van der Waals surface area contributed by atoms with Gasteiger partial charge in [0, 0.05) is 13.2 Å². The zero-order chi connectivity index (χ0) is 21.0. The van der Waals surface area contributed by atoms with Crippen LogP contribution in [0.2, 0.25) is 0 Å². The maximum atomic E-state index is 12.6. The van der Waals surface area contributed by atoms with Crippen molar-refractivity contribution in [1.29, 1.82) is 0 Å². The molecule has 11 heteroatoms. The molecule has 0 aromatic carbocycles. The average molecular weight is 409 g/mol. The lowest BCUT2D eigenvalue weighted by Gasteiger charge is -2.07. The molecule has 0 saturated heterocycles. The van der Waals surface area contributed by atoms with Gasteiger partial charge in [0.15, 0.2) is 5.69 Å². The highest BCUT2D eigenvalue weighted by Gasteiger charge is 2.29. The van der Waals surface area contributed by atoms with Gasteiger partial charge in [-0.1, -0.05) is 6.92 Å². The van der Waals surface area contributed by atoms with E-state index in [-0.39, 0.29) is 33.3 Å². The third-order valence-electron chi connectivity index (χ3n) is 3.66. The minimum absolute atomic E-state index is 0.0139. The number of nitrogens with zero attached hydrogens (tertiary/aromatic N) is 2. The number of hydrogen-bond acceptors (Lipinski definition) is 8. The highest BCUT2D eigenvalue weighted by molar-refractivity contribution is 7.18. The summed E-state index contributed by atoms with van der Waals surface area (Å²) in [6.07, 6.45) is 1.78. The van der Waals surface area contributed by atoms with Gasteiger partial charge in [0.2, 0.25) is 0 Å². The quantitative estimate of drug-likeness (QED) is 0.663. The standard InChI is InChI=1S/C17H19N3O7S/c1-5-6-27-16(24)10-8(2)12(17(25)26-4)28-14(10)18-13(21)11-9(15(22)23)7-20(3)19-11/h7H,5-6H2,1-4H3,(H,18,21)(H,22,23). The summed E-state index contributed by atoms with van der Waals surface area (Å²) in [7, 11) is 2.67. The molecule has 0 fully saturated rings. The van der Waals surface area contributed by atoms with Gasteiger partial charge in [-0.25, -0.2) is 14.4 Å². The Hall–Kier alpha value is -3.21. The fourth-order valence-electron chi connectivity index (χ4n) is 2.38. The average Bonchev–Trinajstić information content (AvgIpc) is 3.19.